The molecule has 3 heteroatoms. The minimum Gasteiger partial charge on any atom is -0.399 e. The van der Waals surface area contributed by atoms with Crippen LogP contribution in [-0.2, 0) is 6.54 Å². The lowest BCUT2D eigenvalue weighted by Gasteiger charge is -2.27. The Morgan fingerprint density at radius 2 is 1.54 bits per heavy atom. The molecule has 0 fully saturated rings. The number of anilines is 1. The molecule has 1 aromatic rings. The first-order valence-electron chi connectivity index (χ1n) is 9.28. The molecule has 0 unspecified atom stereocenters. The van der Waals surface area contributed by atoms with Gasteiger partial charge in [-0.05, 0) is 75.1 Å². The van der Waals surface area contributed by atoms with Crippen LogP contribution in [-0.4, -0.2) is 11.9 Å². The molecular formula is C25H33FN2. The van der Waals surface area contributed by atoms with E-state index in [-0.39, 0.29) is 5.83 Å². The van der Waals surface area contributed by atoms with Crippen LogP contribution in [0.1, 0.15) is 40.2 Å². The van der Waals surface area contributed by atoms with Crippen LogP contribution < -0.4 is 5.73 Å². The minimum atomic E-state index is -0.270. The Hall–Kier alpha value is -2.81. The highest BCUT2D eigenvalue weighted by Crippen LogP contribution is 2.33. The second-order valence-electron chi connectivity index (χ2n) is 7.58. The molecule has 28 heavy (non-hydrogen) atoms. The zero-order valence-corrected chi connectivity index (χ0v) is 18.1. The number of hydrogen-bond acceptors (Lipinski definition) is 2. The van der Waals surface area contributed by atoms with E-state index < -0.39 is 0 Å². The molecule has 150 valence electrons. The Bertz CT molecular complexity index is 856. The summed E-state index contributed by atoms with van der Waals surface area (Å²) in [5.41, 5.74) is 13.2. The van der Waals surface area contributed by atoms with Gasteiger partial charge >= 0.3 is 0 Å². The van der Waals surface area contributed by atoms with Crippen LogP contribution in [0, 0.1) is 0 Å². The molecule has 0 heterocycles. The molecule has 0 saturated carbocycles. The molecule has 0 aliphatic heterocycles. The van der Waals surface area contributed by atoms with Gasteiger partial charge in [-0.1, -0.05) is 43.0 Å². The van der Waals surface area contributed by atoms with E-state index in [4.69, 9.17) is 5.73 Å². The minimum absolute atomic E-state index is 0.270. The zero-order chi connectivity index (χ0) is 21.6. The smallest absolute Gasteiger partial charge is 0.122 e. The number of rotatable bonds is 8. The van der Waals surface area contributed by atoms with Gasteiger partial charge in [-0.15, -0.1) is 0 Å². The number of nitrogen functional groups attached to an aromatic ring is 1. The van der Waals surface area contributed by atoms with Gasteiger partial charge < -0.3 is 10.6 Å². The van der Waals surface area contributed by atoms with Crippen molar-refractivity contribution in [2.45, 2.75) is 41.2 Å². The largest absolute Gasteiger partial charge is 0.399 e. The number of allylic oxidation sites excluding steroid dienone is 7. The highest BCUT2D eigenvalue weighted by molar-refractivity contribution is 5.61. The fourth-order valence-electron chi connectivity index (χ4n) is 2.82. The summed E-state index contributed by atoms with van der Waals surface area (Å²) in [7, 11) is 1.98. The van der Waals surface area contributed by atoms with E-state index in [9.17, 15) is 4.39 Å². The van der Waals surface area contributed by atoms with Crippen LogP contribution in [0.2, 0.25) is 0 Å². The summed E-state index contributed by atoms with van der Waals surface area (Å²) in [6, 6.07) is 7.77. The highest BCUT2D eigenvalue weighted by Gasteiger charge is 2.17. The third kappa shape index (κ3) is 6.12. The van der Waals surface area contributed by atoms with Crippen molar-refractivity contribution in [2.24, 2.45) is 0 Å². The second-order valence-corrected chi connectivity index (χ2v) is 7.58. The lowest BCUT2D eigenvalue weighted by atomic mass is 9.89. The molecule has 0 spiro atoms. The van der Waals surface area contributed by atoms with E-state index in [2.05, 4.69) is 24.6 Å². The highest BCUT2D eigenvalue weighted by atomic mass is 19.1. The summed E-state index contributed by atoms with van der Waals surface area (Å²) in [6.07, 6.45) is 1.51. The maximum atomic E-state index is 14.3. The number of benzene rings is 1. The Morgan fingerprint density at radius 3 is 1.96 bits per heavy atom. The molecule has 0 aliphatic rings. The summed E-state index contributed by atoms with van der Waals surface area (Å²) in [5.74, 6) is -0.270. The van der Waals surface area contributed by atoms with Crippen molar-refractivity contribution < 1.29 is 4.39 Å². The number of nitrogens with zero attached hydrogens (tertiary/aromatic N) is 1. The van der Waals surface area contributed by atoms with Crippen molar-refractivity contribution in [3.05, 3.63) is 101 Å². The van der Waals surface area contributed by atoms with Crippen LogP contribution in [0.4, 0.5) is 10.1 Å². The average Bonchev–Trinajstić information content (AvgIpc) is 2.60. The van der Waals surface area contributed by atoms with Crippen LogP contribution in [0.25, 0.3) is 0 Å². The predicted molar refractivity (Wildman–Crippen MR) is 121 cm³/mol. The summed E-state index contributed by atoms with van der Waals surface area (Å²) >= 11 is 0. The molecule has 0 aliphatic carbocycles. The van der Waals surface area contributed by atoms with E-state index in [0.29, 0.717) is 17.7 Å². The number of nitrogens with two attached hydrogens (primary N) is 1. The fraction of sp³-hybridized carbons (Fsp3) is 0.280. The molecule has 0 amide bonds. The van der Waals surface area contributed by atoms with E-state index >= 15 is 0 Å². The molecule has 2 N–H and O–H groups in total. The van der Waals surface area contributed by atoms with Gasteiger partial charge in [0.15, 0.2) is 0 Å². The van der Waals surface area contributed by atoms with Crippen molar-refractivity contribution in [2.75, 3.05) is 12.8 Å². The van der Waals surface area contributed by atoms with Crippen molar-refractivity contribution in [3.8, 4) is 0 Å². The van der Waals surface area contributed by atoms with Gasteiger partial charge in [-0.2, -0.15) is 0 Å². The number of likely N-dealkylation sites (N-methyl/N-ethyl adjacent to an activating group) is 1. The first-order chi connectivity index (χ1) is 13.0. The topological polar surface area (TPSA) is 29.3 Å². The Morgan fingerprint density at radius 1 is 1.00 bits per heavy atom. The van der Waals surface area contributed by atoms with E-state index in [1.807, 2.05) is 52.1 Å². The van der Waals surface area contributed by atoms with Gasteiger partial charge in [0.2, 0.25) is 0 Å². The van der Waals surface area contributed by atoms with Crippen LogP contribution in [0.3, 0.4) is 0 Å². The Balaban J connectivity index is 3.24. The summed E-state index contributed by atoms with van der Waals surface area (Å²) < 4.78 is 14.3. The van der Waals surface area contributed by atoms with Gasteiger partial charge in [-0.3, -0.25) is 0 Å². The first-order valence-corrected chi connectivity index (χ1v) is 9.28. The van der Waals surface area contributed by atoms with Gasteiger partial charge in [0, 0.05) is 30.5 Å². The van der Waals surface area contributed by atoms with E-state index in [1.165, 1.54) is 6.08 Å². The SMILES string of the molecule is C=C(C)/C(=C\C(F)=C(C)C)C(=C)C(C(=C)N(C)Cc1ccc(N)cc1)=C(C)C. The van der Waals surface area contributed by atoms with Gasteiger partial charge in [0.25, 0.3) is 0 Å². The fourth-order valence-corrected chi connectivity index (χ4v) is 2.82. The molecule has 2 nitrogen and oxygen atoms in total. The first kappa shape index (κ1) is 23.2. The quantitative estimate of drug-likeness (QED) is 0.394. The van der Waals surface area contributed by atoms with Gasteiger partial charge in [0.05, 0.1) is 0 Å². The van der Waals surface area contributed by atoms with Crippen LogP contribution >= 0.6 is 0 Å². The molecule has 1 aromatic carbocycles. The van der Waals surface area contributed by atoms with E-state index in [0.717, 1.165) is 39.2 Å². The Kier molecular flexibility index (Phi) is 8.24. The zero-order valence-electron chi connectivity index (χ0n) is 18.1. The molecule has 0 bridgehead atoms. The molecule has 0 radical (unpaired) electrons. The van der Waals surface area contributed by atoms with Crippen molar-refractivity contribution in [1.29, 1.82) is 0 Å². The number of halogens is 1. The molecule has 0 aromatic heterocycles. The number of hydrogen-bond donors (Lipinski definition) is 1. The molecule has 0 saturated heterocycles. The molecular weight excluding hydrogens is 347 g/mol. The van der Waals surface area contributed by atoms with Crippen LogP contribution in [0.15, 0.2) is 95.0 Å². The standard InChI is InChI=1S/C25H33FN2/c1-16(2)23(14-24(26)17(3)4)19(7)25(18(5)6)20(8)28(9)15-21-10-12-22(27)13-11-21/h10-14H,1,7-8,15,27H2,2-6,9H3/b23-14+. The normalized spacial score (nSPS) is 10.9. The Labute approximate surface area is 169 Å². The van der Waals surface area contributed by atoms with E-state index in [1.54, 1.807) is 13.8 Å². The maximum absolute atomic E-state index is 14.3. The van der Waals surface area contributed by atoms with Gasteiger partial charge in [0.1, 0.15) is 5.83 Å². The van der Waals surface area contributed by atoms with Gasteiger partial charge in [-0.25, -0.2) is 4.39 Å². The van der Waals surface area contributed by atoms with Crippen molar-refractivity contribution in [3.63, 3.8) is 0 Å². The summed E-state index contributed by atoms with van der Waals surface area (Å²) in [4.78, 5) is 2.06. The lowest BCUT2D eigenvalue weighted by Crippen LogP contribution is -2.19. The summed E-state index contributed by atoms with van der Waals surface area (Å²) in [6.45, 7) is 22.6. The monoisotopic (exact) mass is 380 g/mol. The maximum Gasteiger partial charge on any atom is 0.122 e. The third-order valence-electron chi connectivity index (χ3n) is 4.48. The second kappa shape index (κ2) is 9.93. The molecule has 1 rings (SSSR count). The predicted octanol–water partition coefficient (Wildman–Crippen LogP) is 6.87. The average molecular weight is 381 g/mol. The lowest BCUT2D eigenvalue weighted by molar-refractivity contribution is 0.421. The molecule has 0 atom stereocenters. The van der Waals surface area contributed by atoms with Crippen molar-refractivity contribution >= 4 is 5.69 Å². The summed E-state index contributed by atoms with van der Waals surface area (Å²) in [5, 5.41) is 0. The third-order valence-corrected chi connectivity index (χ3v) is 4.48. The van der Waals surface area contributed by atoms with Crippen molar-refractivity contribution in [1.82, 2.24) is 4.90 Å². The van der Waals surface area contributed by atoms with Crippen LogP contribution in [0.5, 0.6) is 0 Å².